The Labute approximate surface area is 171 Å². The van der Waals surface area contributed by atoms with Crippen molar-refractivity contribution in [3.05, 3.63) is 115 Å². The number of hydrogen-bond acceptors (Lipinski definition) is 0. The van der Waals surface area contributed by atoms with Crippen LogP contribution in [0.15, 0.2) is 104 Å². The molecule has 29 heavy (non-hydrogen) atoms. The molecular weight excluding hydrogens is 352 g/mol. The van der Waals surface area contributed by atoms with Crippen molar-refractivity contribution >= 4 is 21.5 Å². The van der Waals surface area contributed by atoms with Gasteiger partial charge in [-0.2, -0.15) is 0 Å². The zero-order valence-corrected chi connectivity index (χ0v) is 16.9. The molecule has 5 aromatic rings. The van der Waals surface area contributed by atoms with Gasteiger partial charge in [0.05, 0.1) is 0 Å². The largest absolute Gasteiger partial charge is 0.244 e. The Kier molecular flexibility index (Phi) is 4.40. The van der Waals surface area contributed by atoms with Crippen LogP contribution in [0.2, 0.25) is 0 Å². The van der Waals surface area contributed by atoms with Crippen molar-refractivity contribution < 1.29 is 4.57 Å². The summed E-state index contributed by atoms with van der Waals surface area (Å²) in [5.41, 5.74) is 2.65. The first-order chi connectivity index (χ1) is 14.2. The lowest BCUT2D eigenvalue weighted by atomic mass is 10.0. The van der Waals surface area contributed by atoms with Crippen LogP contribution in [0.4, 0.5) is 0 Å². The molecule has 0 aliphatic carbocycles. The maximum Gasteiger partial charge on any atom is 0.244 e. The lowest BCUT2D eigenvalue weighted by molar-refractivity contribution is -0.710. The third-order valence-electron chi connectivity index (χ3n) is 6.08. The molecule has 0 aliphatic rings. The number of hydrogen-bond donors (Lipinski definition) is 0. The van der Waals surface area contributed by atoms with Crippen molar-refractivity contribution in [1.29, 1.82) is 0 Å². The second-order valence-corrected chi connectivity index (χ2v) is 7.87. The summed E-state index contributed by atoms with van der Waals surface area (Å²) in [6, 6.07) is 31.2. The van der Waals surface area contributed by atoms with E-state index in [1.54, 1.807) is 0 Å². The minimum Gasteiger partial charge on any atom is -0.230 e. The van der Waals surface area contributed by atoms with E-state index in [4.69, 9.17) is 0 Å². The number of aromatic nitrogens is 2. The SMILES string of the molecule is C[C@H](c1ccc2ccccc2c1)n1cc[n+]([C@H](C)c2ccc3ccccc3c2)c1. The fourth-order valence-electron chi connectivity index (χ4n) is 4.12. The van der Waals surface area contributed by atoms with Gasteiger partial charge in [0.1, 0.15) is 24.5 Å². The van der Waals surface area contributed by atoms with Crippen LogP contribution < -0.4 is 4.57 Å². The summed E-state index contributed by atoms with van der Waals surface area (Å²) >= 11 is 0. The Balaban J connectivity index is 1.43. The van der Waals surface area contributed by atoms with Gasteiger partial charge in [0.25, 0.3) is 0 Å². The molecule has 4 aromatic carbocycles. The summed E-state index contributed by atoms with van der Waals surface area (Å²) in [6.07, 6.45) is 6.58. The van der Waals surface area contributed by atoms with Gasteiger partial charge in [-0.25, -0.2) is 9.13 Å². The molecule has 0 saturated heterocycles. The van der Waals surface area contributed by atoms with Crippen molar-refractivity contribution in [1.82, 2.24) is 4.57 Å². The van der Waals surface area contributed by atoms with Crippen LogP contribution in [0, 0.1) is 0 Å². The molecule has 1 heterocycles. The van der Waals surface area contributed by atoms with Gasteiger partial charge >= 0.3 is 0 Å². The molecule has 1 aromatic heterocycles. The summed E-state index contributed by atoms with van der Waals surface area (Å²) in [4.78, 5) is 0. The standard InChI is InChI=1S/C27H25N2/c1-20(24-13-11-22-7-3-5-9-26(22)17-24)28-15-16-29(19-28)21(2)25-14-12-23-8-4-6-10-27(23)18-25/h3-21H,1-2H3/q+1/t20-,21-/m1/s1. The van der Waals surface area contributed by atoms with Crippen LogP contribution in [0.25, 0.3) is 21.5 Å². The summed E-state index contributed by atoms with van der Waals surface area (Å²) in [7, 11) is 0. The first-order valence-electron chi connectivity index (χ1n) is 10.2. The van der Waals surface area contributed by atoms with Crippen LogP contribution in [0.1, 0.15) is 37.1 Å². The smallest absolute Gasteiger partial charge is 0.230 e. The molecule has 142 valence electrons. The molecule has 0 aliphatic heterocycles. The van der Waals surface area contributed by atoms with E-state index in [1.807, 2.05) is 0 Å². The van der Waals surface area contributed by atoms with Crippen molar-refractivity contribution in [2.24, 2.45) is 0 Å². The molecular formula is C27H25N2+. The fourth-order valence-corrected chi connectivity index (χ4v) is 4.12. The lowest BCUT2D eigenvalue weighted by Crippen LogP contribution is -2.36. The van der Waals surface area contributed by atoms with E-state index in [0.29, 0.717) is 0 Å². The third kappa shape index (κ3) is 3.31. The van der Waals surface area contributed by atoms with Gasteiger partial charge in [-0.05, 0) is 58.7 Å². The maximum atomic E-state index is 2.30. The van der Waals surface area contributed by atoms with Gasteiger partial charge in [0, 0.05) is 0 Å². The highest BCUT2D eigenvalue weighted by atomic mass is 15.1. The Morgan fingerprint density at radius 1 is 0.655 bits per heavy atom. The van der Waals surface area contributed by atoms with Gasteiger partial charge in [0.15, 0.2) is 0 Å². The number of rotatable bonds is 4. The van der Waals surface area contributed by atoms with E-state index in [1.165, 1.54) is 32.7 Å². The predicted molar refractivity (Wildman–Crippen MR) is 120 cm³/mol. The topological polar surface area (TPSA) is 8.81 Å². The number of fused-ring (bicyclic) bond motifs is 2. The van der Waals surface area contributed by atoms with Crippen molar-refractivity contribution in [3.63, 3.8) is 0 Å². The van der Waals surface area contributed by atoms with Crippen LogP contribution in [0.5, 0.6) is 0 Å². The van der Waals surface area contributed by atoms with E-state index >= 15 is 0 Å². The van der Waals surface area contributed by atoms with E-state index in [9.17, 15) is 0 Å². The summed E-state index contributed by atoms with van der Waals surface area (Å²) in [5, 5.41) is 5.16. The van der Waals surface area contributed by atoms with E-state index in [-0.39, 0.29) is 12.1 Å². The molecule has 0 radical (unpaired) electrons. The lowest BCUT2D eigenvalue weighted by Gasteiger charge is -2.11. The molecule has 0 unspecified atom stereocenters. The summed E-state index contributed by atoms with van der Waals surface area (Å²) < 4.78 is 4.59. The highest BCUT2D eigenvalue weighted by molar-refractivity contribution is 5.83. The number of nitrogens with zero attached hydrogens (tertiary/aromatic N) is 2. The fraction of sp³-hybridized carbons (Fsp3) is 0.148. The zero-order valence-electron chi connectivity index (χ0n) is 16.9. The van der Waals surface area contributed by atoms with Crippen molar-refractivity contribution in [2.45, 2.75) is 25.9 Å². The molecule has 0 bridgehead atoms. The molecule has 0 N–H and O–H groups in total. The first kappa shape index (κ1) is 17.7. The maximum absolute atomic E-state index is 2.30. The first-order valence-corrected chi connectivity index (χ1v) is 10.2. The van der Waals surface area contributed by atoms with E-state index in [0.717, 1.165) is 0 Å². The highest BCUT2D eigenvalue weighted by Crippen LogP contribution is 2.24. The van der Waals surface area contributed by atoms with Gasteiger partial charge in [-0.3, -0.25) is 0 Å². The van der Waals surface area contributed by atoms with Crippen LogP contribution in [0.3, 0.4) is 0 Å². The average molecular weight is 378 g/mol. The molecule has 0 saturated carbocycles. The predicted octanol–water partition coefficient (Wildman–Crippen LogP) is 6.30. The minimum absolute atomic E-state index is 0.282. The molecule has 0 amide bonds. The van der Waals surface area contributed by atoms with Crippen molar-refractivity contribution in [3.8, 4) is 0 Å². The molecule has 5 rings (SSSR count). The average Bonchev–Trinajstić information content (AvgIpc) is 3.27. The highest BCUT2D eigenvalue weighted by Gasteiger charge is 2.18. The zero-order chi connectivity index (χ0) is 19.8. The van der Waals surface area contributed by atoms with Crippen LogP contribution in [-0.2, 0) is 0 Å². The normalized spacial score (nSPS) is 13.6. The quantitative estimate of drug-likeness (QED) is 0.325. The molecule has 0 spiro atoms. The molecule has 0 fully saturated rings. The van der Waals surface area contributed by atoms with Crippen LogP contribution >= 0.6 is 0 Å². The monoisotopic (exact) mass is 377 g/mol. The van der Waals surface area contributed by atoms with Gasteiger partial charge < -0.3 is 0 Å². The van der Waals surface area contributed by atoms with E-state index in [2.05, 4.69) is 127 Å². The summed E-state index contributed by atoms with van der Waals surface area (Å²) in [5.74, 6) is 0. The Bertz CT molecular complexity index is 1200. The minimum atomic E-state index is 0.282. The van der Waals surface area contributed by atoms with Gasteiger partial charge in [0.2, 0.25) is 6.33 Å². The Morgan fingerprint density at radius 2 is 1.21 bits per heavy atom. The Morgan fingerprint density at radius 3 is 1.86 bits per heavy atom. The van der Waals surface area contributed by atoms with Crippen molar-refractivity contribution in [2.75, 3.05) is 0 Å². The third-order valence-corrected chi connectivity index (χ3v) is 6.08. The van der Waals surface area contributed by atoms with E-state index < -0.39 is 0 Å². The number of benzene rings is 4. The molecule has 2 heteroatoms. The van der Waals surface area contributed by atoms with Crippen LogP contribution in [-0.4, -0.2) is 4.57 Å². The Hall–Kier alpha value is -3.39. The van der Waals surface area contributed by atoms with Gasteiger partial charge in [-0.15, -0.1) is 0 Å². The number of imidazole rings is 1. The van der Waals surface area contributed by atoms with Gasteiger partial charge in [-0.1, -0.05) is 72.8 Å². The molecule has 2 atom stereocenters. The summed E-state index contributed by atoms with van der Waals surface area (Å²) in [6.45, 7) is 4.52. The second-order valence-electron chi connectivity index (χ2n) is 7.87. The second kappa shape index (κ2) is 7.21. The molecule has 2 nitrogen and oxygen atoms in total.